The van der Waals surface area contributed by atoms with Crippen LogP contribution in [0.4, 0.5) is 13.2 Å². The third-order valence-corrected chi connectivity index (χ3v) is 4.43. The molecule has 142 valence electrons. The smallest absolute Gasteiger partial charge is 0.417 e. The Bertz CT molecular complexity index is 1020. The summed E-state index contributed by atoms with van der Waals surface area (Å²) in [7, 11) is 0. The molecule has 0 radical (unpaired) electrons. The first-order chi connectivity index (χ1) is 12.9. The number of imidazole rings is 1. The lowest BCUT2D eigenvalue weighted by atomic mass is 10.1. The number of ether oxygens (including phenoxy) is 1. The Kier molecular flexibility index (Phi) is 4.12. The molecule has 0 amide bonds. The van der Waals surface area contributed by atoms with E-state index in [0.29, 0.717) is 13.0 Å². The second-order valence-electron chi connectivity index (χ2n) is 6.23. The molecule has 0 aliphatic carbocycles. The van der Waals surface area contributed by atoms with Crippen molar-refractivity contribution < 1.29 is 22.7 Å². The molecule has 0 bridgehead atoms. The highest BCUT2D eigenvalue weighted by Crippen LogP contribution is 2.30. The van der Waals surface area contributed by atoms with Gasteiger partial charge in [0.05, 0.1) is 18.4 Å². The number of halogens is 3. The molecule has 0 spiro atoms. The fraction of sp³-hybridized carbons (Fsp3) is 0.412. The van der Waals surface area contributed by atoms with Crippen LogP contribution in [0.2, 0.25) is 0 Å². The summed E-state index contributed by atoms with van der Waals surface area (Å²) in [5, 5.41) is 4.17. The normalized spacial score (nSPS) is 14.4. The number of pyridine rings is 1. The largest absolute Gasteiger partial charge is 0.461 e. The monoisotopic (exact) mass is 379 g/mol. The second-order valence-corrected chi connectivity index (χ2v) is 6.23. The number of alkyl halides is 3. The van der Waals surface area contributed by atoms with Gasteiger partial charge >= 0.3 is 12.1 Å². The van der Waals surface area contributed by atoms with Gasteiger partial charge in [0.2, 0.25) is 0 Å². The van der Waals surface area contributed by atoms with Crippen LogP contribution < -0.4 is 0 Å². The van der Waals surface area contributed by atoms with E-state index in [-0.39, 0.29) is 29.2 Å². The van der Waals surface area contributed by atoms with E-state index in [1.165, 1.54) is 10.9 Å². The Morgan fingerprint density at radius 1 is 1.30 bits per heavy atom. The number of aryl methyl sites for hydroxylation is 1. The number of hydrogen-bond acceptors (Lipinski definition) is 5. The zero-order chi connectivity index (χ0) is 19.2. The molecule has 3 aromatic heterocycles. The van der Waals surface area contributed by atoms with Gasteiger partial charge in [-0.1, -0.05) is 0 Å². The fourth-order valence-corrected chi connectivity index (χ4v) is 3.20. The Morgan fingerprint density at radius 3 is 2.85 bits per heavy atom. The lowest BCUT2D eigenvalue weighted by Crippen LogP contribution is -2.18. The third-order valence-electron chi connectivity index (χ3n) is 4.43. The highest BCUT2D eigenvalue weighted by molar-refractivity contribution is 5.91. The fourth-order valence-electron chi connectivity index (χ4n) is 3.20. The first-order valence-electron chi connectivity index (χ1n) is 8.58. The van der Waals surface area contributed by atoms with Crippen molar-refractivity contribution in [1.82, 2.24) is 24.3 Å². The van der Waals surface area contributed by atoms with E-state index >= 15 is 0 Å². The number of esters is 1. The Labute approximate surface area is 151 Å². The van der Waals surface area contributed by atoms with Crippen molar-refractivity contribution in [3.8, 4) is 5.82 Å². The average molecular weight is 379 g/mol. The molecule has 4 heterocycles. The number of carbonyl (C=O) groups excluding carboxylic acids is 1. The van der Waals surface area contributed by atoms with Crippen LogP contribution in [0.5, 0.6) is 0 Å². The minimum Gasteiger partial charge on any atom is -0.461 e. The van der Waals surface area contributed by atoms with Crippen LogP contribution >= 0.6 is 0 Å². The van der Waals surface area contributed by atoms with E-state index in [9.17, 15) is 18.0 Å². The third kappa shape index (κ3) is 3.04. The summed E-state index contributed by atoms with van der Waals surface area (Å²) in [6, 6.07) is 0.929. The van der Waals surface area contributed by atoms with Gasteiger partial charge in [0.15, 0.2) is 11.5 Å². The van der Waals surface area contributed by atoms with Crippen molar-refractivity contribution in [1.29, 1.82) is 0 Å². The van der Waals surface area contributed by atoms with Crippen molar-refractivity contribution in [2.45, 2.75) is 38.9 Å². The van der Waals surface area contributed by atoms with Gasteiger partial charge in [-0.05, 0) is 25.8 Å². The minimum absolute atomic E-state index is 0.0746. The molecule has 3 aromatic rings. The second kappa shape index (κ2) is 6.36. The van der Waals surface area contributed by atoms with Crippen LogP contribution in [-0.2, 0) is 23.9 Å². The van der Waals surface area contributed by atoms with Crippen LogP contribution in [0.3, 0.4) is 0 Å². The highest BCUT2D eigenvalue weighted by Gasteiger charge is 2.32. The van der Waals surface area contributed by atoms with Crippen molar-refractivity contribution in [2.24, 2.45) is 0 Å². The molecule has 27 heavy (non-hydrogen) atoms. The van der Waals surface area contributed by atoms with Crippen LogP contribution in [0.1, 0.15) is 41.6 Å². The molecular weight excluding hydrogens is 363 g/mol. The quantitative estimate of drug-likeness (QED) is 0.654. The molecule has 7 nitrogen and oxygen atoms in total. The summed E-state index contributed by atoms with van der Waals surface area (Å²) in [6.45, 7) is 2.54. The maximum atomic E-state index is 12.9. The lowest BCUT2D eigenvalue weighted by Gasteiger charge is -2.15. The SMILES string of the molecule is CCOC(=O)c1c(-n2cc3ncc(C(F)(F)F)cc3n2)nc2n1CCCC2. The van der Waals surface area contributed by atoms with Crippen molar-refractivity contribution in [3.63, 3.8) is 0 Å². The molecule has 0 N–H and O–H groups in total. The Balaban J connectivity index is 1.85. The predicted molar refractivity (Wildman–Crippen MR) is 88.5 cm³/mol. The summed E-state index contributed by atoms with van der Waals surface area (Å²) in [6.07, 6.45) is 0.298. The van der Waals surface area contributed by atoms with Crippen molar-refractivity contribution in [3.05, 3.63) is 35.5 Å². The maximum absolute atomic E-state index is 12.9. The summed E-state index contributed by atoms with van der Waals surface area (Å²) in [4.78, 5) is 20.8. The van der Waals surface area contributed by atoms with Gasteiger partial charge < -0.3 is 9.30 Å². The van der Waals surface area contributed by atoms with Crippen LogP contribution in [0.25, 0.3) is 16.9 Å². The molecule has 0 aromatic carbocycles. The minimum atomic E-state index is -4.51. The molecule has 4 rings (SSSR count). The number of rotatable bonds is 3. The maximum Gasteiger partial charge on any atom is 0.417 e. The summed E-state index contributed by atoms with van der Waals surface area (Å²) in [5.41, 5.74) is -0.264. The standard InChI is InChI=1S/C17H16F3N5O2/c1-2-27-16(26)14-15(22-13-5-3-4-6-24(13)14)25-9-12-11(23-25)7-10(8-21-12)17(18,19)20/h7-9H,2-6H2,1H3. The number of fused-ring (bicyclic) bond motifs is 2. The Morgan fingerprint density at radius 2 is 2.11 bits per heavy atom. The number of carbonyl (C=O) groups is 1. The van der Waals surface area contributed by atoms with E-state index in [1.807, 2.05) is 0 Å². The van der Waals surface area contributed by atoms with Crippen molar-refractivity contribution >= 4 is 17.0 Å². The van der Waals surface area contributed by atoms with Gasteiger partial charge in [0.25, 0.3) is 0 Å². The van der Waals surface area contributed by atoms with Gasteiger partial charge in [-0.3, -0.25) is 4.98 Å². The zero-order valence-electron chi connectivity index (χ0n) is 14.5. The molecular formula is C17H16F3N5O2. The topological polar surface area (TPSA) is 74.8 Å². The molecule has 0 atom stereocenters. The molecule has 0 saturated carbocycles. The van der Waals surface area contributed by atoms with E-state index in [0.717, 1.165) is 30.9 Å². The summed E-state index contributed by atoms with van der Waals surface area (Å²) >= 11 is 0. The van der Waals surface area contributed by atoms with E-state index in [4.69, 9.17) is 4.74 Å². The van der Waals surface area contributed by atoms with E-state index < -0.39 is 17.7 Å². The molecule has 10 heteroatoms. The number of aromatic nitrogens is 5. The summed E-state index contributed by atoms with van der Waals surface area (Å²) < 4.78 is 47.0. The molecule has 0 fully saturated rings. The lowest BCUT2D eigenvalue weighted by molar-refractivity contribution is -0.137. The number of hydrogen-bond donors (Lipinski definition) is 0. The molecule has 0 saturated heterocycles. The van der Waals surface area contributed by atoms with Gasteiger partial charge in [-0.25, -0.2) is 14.5 Å². The van der Waals surface area contributed by atoms with Gasteiger partial charge in [0, 0.05) is 19.2 Å². The van der Waals surface area contributed by atoms with Crippen molar-refractivity contribution in [2.75, 3.05) is 6.61 Å². The molecule has 1 aliphatic heterocycles. The molecule has 0 unspecified atom stereocenters. The van der Waals surface area contributed by atoms with Gasteiger partial charge in [-0.15, -0.1) is 0 Å². The van der Waals surface area contributed by atoms with Crippen LogP contribution in [0.15, 0.2) is 18.5 Å². The van der Waals surface area contributed by atoms with Crippen LogP contribution in [0, 0.1) is 0 Å². The van der Waals surface area contributed by atoms with Gasteiger partial charge in [0.1, 0.15) is 16.9 Å². The molecule has 1 aliphatic rings. The highest BCUT2D eigenvalue weighted by atomic mass is 19.4. The van der Waals surface area contributed by atoms with Gasteiger partial charge in [-0.2, -0.15) is 18.3 Å². The first-order valence-corrected chi connectivity index (χ1v) is 8.58. The first kappa shape index (κ1) is 17.5. The summed E-state index contributed by atoms with van der Waals surface area (Å²) in [5.74, 6) is 0.455. The van der Waals surface area contributed by atoms with E-state index in [1.54, 1.807) is 11.5 Å². The Hall–Kier alpha value is -2.91. The predicted octanol–water partition coefficient (Wildman–Crippen LogP) is 3.15. The van der Waals surface area contributed by atoms with Crippen LogP contribution in [-0.4, -0.2) is 36.9 Å². The number of nitrogens with zero attached hydrogens (tertiary/aromatic N) is 5. The van der Waals surface area contributed by atoms with E-state index in [2.05, 4.69) is 15.1 Å². The average Bonchev–Trinajstić information content (AvgIpc) is 3.21. The zero-order valence-corrected chi connectivity index (χ0v) is 14.5.